The summed E-state index contributed by atoms with van der Waals surface area (Å²) in [6.07, 6.45) is 3.20. The van der Waals surface area contributed by atoms with Crippen LogP contribution in [0.1, 0.15) is 40.4 Å². The van der Waals surface area contributed by atoms with Gasteiger partial charge < -0.3 is 15.4 Å². The van der Waals surface area contributed by atoms with Gasteiger partial charge in [-0.1, -0.05) is 30.7 Å². The quantitative estimate of drug-likeness (QED) is 0.638. The third kappa shape index (κ3) is 5.29. The molecule has 164 valence electrons. The average Bonchev–Trinajstić information content (AvgIpc) is 2.80. The Kier molecular flexibility index (Phi) is 7.27. The summed E-state index contributed by atoms with van der Waals surface area (Å²) in [5.41, 5.74) is 7.70. The second-order valence-corrected chi connectivity index (χ2v) is 9.10. The van der Waals surface area contributed by atoms with E-state index in [1.807, 2.05) is 35.2 Å². The summed E-state index contributed by atoms with van der Waals surface area (Å²) in [5, 5.41) is -0.315. The summed E-state index contributed by atoms with van der Waals surface area (Å²) in [4.78, 5) is 30.3. The Bertz CT molecular complexity index is 913. The number of ether oxygens (including phenoxy) is 1. The Morgan fingerprint density at radius 3 is 2.45 bits per heavy atom. The number of carbonyl (C=O) groups is 2. The zero-order chi connectivity index (χ0) is 21.6. The van der Waals surface area contributed by atoms with Crippen LogP contribution in [0, 0.1) is 0 Å². The first kappa shape index (κ1) is 21.9. The number of nitrogens with two attached hydrogens (primary N) is 1. The second-order valence-electron chi connectivity index (χ2n) is 7.96. The van der Waals surface area contributed by atoms with Crippen LogP contribution in [-0.4, -0.2) is 56.1 Å². The lowest BCUT2D eigenvalue weighted by atomic mass is 10.1. The van der Waals surface area contributed by atoms with Crippen molar-refractivity contribution in [1.82, 2.24) is 4.90 Å². The number of carbonyl (C=O) groups excluding carboxylic acids is 2. The molecule has 2 aliphatic rings. The number of primary amides is 1. The third-order valence-electron chi connectivity index (χ3n) is 5.85. The van der Waals surface area contributed by atoms with Gasteiger partial charge in [0.25, 0.3) is 0 Å². The molecule has 0 bridgehead atoms. The molecule has 0 saturated carbocycles. The van der Waals surface area contributed by atoms with E-state index >= 15 is 0 Å². The fourth-order valence-electron chi connectivity index (χ4n) is 4.09. The van der Waals surface area contributed by atoms with Crippen LogP contribution in [0.5, 0.6) is 0 Å². The highest BCUT2D eigenvalue weighted by molar-refractivity contribution is 8.00. The molecular formula is C24H29N3O3S. The van der Waals surface area contributed by atoms with Crippen molar-refractivity contribution in [3.05, 3.63) is 59.7 Å². The molecule has 2 heterocycles. The van der Waals surface area contributed by atoms with E-state index in [0.29, 0.717) is 5.56 Å². The number of amides is 2. The van der Waals surface area contributed by atoms with Gasteiger partial charge >= 0.3 is 0 Å². The van der Waals surface area contributed by atoms with Crippen molar-refractivity contribution in [1.29, 1.82) is 0 Å². The van der Waals surface area contributed by atoms with Crippen LogP contribution in [0.15, 0.2) is 53.4 Å². The van der Waals surface area contributed by atoms with Crippen molar-refractivity contribution in [3.63, 3.8) is 0 Å². The van der Waals surface area contributed by atoms with Crippen LogP contribution < -0.4 is 10.6 Å². The van der Waals surface area contributed by atoms with Crippen LogP contribution >= 0.6 is 11.8 Å². The maximum atomic E-state index is 13.4. The number of nitrogens with zero attached hydrogens (tertiary/aromatic N) is 2. The summed E-state index contributed by atoms with van der Waals surface area (Å²) in [7, 11) is 0. The van der Waals surface area contributed by atoms with Gasteiger partial charge in [-0.15, -0.1) is 11.8 Å². The van der Waals surface area contributed by atoms with E-state index in [-0.39, 0.29) is 11.2 Å². The van der Waals surface area contributed by atoms with Crippen molar-refractivity contribution < 1.29 is 14.3 Å². The second kappa shape index (κ2) is 10.3. The van der Waals surface area contributed by atoms with Gasteiger partial charge in [0.2, 0.25) is 11.8 Å². The normalized spacial score (nSPS) is 19.3. The molecule has 0 aromatic heterocycles. The number of hydrogen-bond acceptors (Lipinski definition) is 5. The molecule has 7 heteroatoms. The number of thioether (sulfide) groups is 1. The first-order chi connectivity index (χ1) is 15.1. The van der Waals surface area contributed by atoms with E-state index in [2.05, 4.69) is 11.0 Å². The van der Waals surface area contributed by atoms with E-state index in [4.69, 9.17) is 10.5 Å². The monoisotopic (exact) mass is 439 g/mol. The molecule has 1 unspecified atom stereocenters. The number of para-hydroxylation sites is 1. The zero-order valence-corrected chi connectivity index (χ0v) is 18.5. The van der Waals surface area contributed by atoms with Crippen LogP contribution in [-0.2, 0) is 9.53 Å². The number of unbranched alkanes of at least 4 members (excludes halogenated alkanes) is 2. The van der Waals surface area contributed by atoms with Crippen molar-refractivity contribution in [3.8, 4) is 0 Å². The van der Waals surface area contributed by atoms with Crippen LogP contribution in [0.25, 0.3) is 0 Å². The molecule has 6 nitrogen and oxygen atoms in total. The van der Waals surface area contributed by atoms with Gasteiger partial charge in [-0.25, -0.2) is 0 Å². The van der Waals surface area contributed by atoms with Gasteiger partial charge in [0.05, 0.1) is 18.9 Å². The number of fused-ring (bicyclic) bond motifs is 1. The lowest BCUT2D eigenvalue weighted by molar-refractivity contribution is -0.118. The highest BCUT2D eigenvalue weighted by Gasteiger charge is 2.34. The molecule has 4 rings (SSSR count). The minimum absolute atomic E-state index is 0.101. The number of benzene rings is 2. The minimum Gasteiger partial charge on any atom is -0.379 e. The zero-order valence-electron chi connectivity index (χ0n) is 17.7. The lowest BCUT2D eigenvalue weighted by Gasteiger charge is -2.34. The van der Waals surface area contributed by atoms with Gasteiger partial charge in [-0.2, -0.15) is 0 Å². The maximum absolute atomic E-state index is 13.4. The van der Waals surface area contributed by atoms with Crippen LogP contribution in [0.3, 0.4) is 0 Å². The molecule has 0 spiro atoms. The maximum Gasteiger partial charge on any atom is 0.248 e. The molecule has 2 amide bonds. The number of morpholine rings is 1. The molecule has 2 aromatic rings. The van der Waals surface area contributed by atoms with E-state index < -0.39 is 5.91 Å². The topological polar surface area (TPSA) is 75.9 Å². The number of rotatable bonds is 8. The third-order valence-corrected chi connectivity index (χ3v) is 7.16. The van der Waals surface area contributed by atoms with Gasteiger partial charge in [0.15, 0.2) is 0 Å². The van der Waals surface area contributed by atoms with Crippen molar-refractivity contribution >= 4 is 29.3 Å². The average molecular weight is 440 g/mol. The van der Waals surface area contributed by atoms with Crippen molar-refractivity contribution in [2.75, 3.05) is 44.3 Å². The molecule has 1 fully saturated rings. The Morgan fingerprint density at radius 1 is 1.00 bits per heavy atom. The molecule has 2 aromatic carbocycles. The molecule has 0 aliphatic carbocycles. The fourth-order valence-corrected chi connectivity index (χ4v) is 5.32. The Labute approximate surface area is 187 Å². The van der Waals surface area contributed by atoms with Crippen LogP contribution in [0.2, 0.25) is 0 Å². The van der Waals surface area contributed by atoms with Crippen molar-refractivity contribution in [2.45, 2.75) is 29.4 Å². The molecule has 2 N–H and O–H groups in total. The minimum atomic E-state index is -0.460. The van der Waals surface area contributed by atoms with E-state index in [0.717, 1.165) is 74.8 Å². The molecule has 1 atom stereocenters. The fraction of sp³-hybridized carbons (Fsp3) is 0.417. The summed E-state index contributed by atoms with van der Waals surface area (Å²) in [6, 6.07) is 15.2. The van der Waals surface area contributed by atoms with Gasteiger partial charge in [0.1, 0.15) is 5.25 Å². The Morgan fingerprint density at radius 2 is 1.71 bits per heavy atom. The SMILES string of the molecule is NC(=O)c1ccc(C2Sc3ccccc3N(CCCCCN3CCOCC3)C2=O)cc1. The molecule has 31 heavy (non-hydrogen) atoms. The summed E-state index contributed by atoms with van der Waals surface area (Å²) in [5.74, 6) is -0.359. The largest absolute Gasteiger partial charge is 0.379 e. The highest BCUT2D eigenvalue weighted by Crippen LogP contribution is 2.46. The molecule has 1 saturated heterocycles. The molecular weight excluding hydrogens is 410 g/mol. The number of hydrogen-bond donors (Lipinski definition) is 1. The van der Waals surface area contributed by atoms with Crippen molar-refractivity contribution in [2.24, 2.45) is 5.73 Å². The van der Waals surface area contributed by atoms with E-state index in [9.17, 15) is 9.59 Å². The van der Waals surface area contributed by atoms with E-state index in [1.54, 1.807) is 23.9 Å². The summed E-state index contributed by atoms with van der Waals surface area (Å²) < 4.78 is 5.41. The predicted octanol–water partition coefficient (Wildman–Crippen LogP) is 3.47. The first-order valence-corrected chi connectivity index (χ1v) is 11.8. The Hall–Kier alpha value is -2.35. The van der Waals surface area contributed by atoms with Crippen LogP contribution in [0.4, 0.5) is 5.69 Å². The lowest BCUT2D eigenvalue weighted by Crippen LogP contribution is -2.38. The standard InChI is InChI=1S/C24H29N3O3S/c25-23(28)19-10-8-18(9-11-19)22-24(29)27(20-6-2-3-7-21(20)31-22)13-5-1-4-12-26-14-16-30-17-15-26/h2-3,6-11,22H,1,4-5,12-17H2,(H2,25,28). The molecule has 0 radical (unpaired) electrons. The summed E-state index contributed by atoms with van der Waals surface area (Å²) in [6.45, 7) is 5.52. The number of anilines is 1. The smallest absolute Gasteiger partial charge is 0.248 e. The predicted molar refractivity (Wildman–Crippen MR) is 123 cm³/mol. The van der Waals surface area contributed by atoms with Gasteiger partial charge in [-0.05, 0) is 49.2 Å². The van der Waals surface area contributed by atoms with Gasteiger partial charge in [-0.3, -0.25) is 14.5 Å². The highest BCUT2D eigenvalue weighted by atomic mass is 32.2. The van der Waals surface area contributed by atoms with Gasteiger partial charge in [0, 0.05) is 30.1 Å². The first-order valence-electron chi connectivity index (χ1n) is 10.9. The Balaban J connectivity index is 1.40. The molecule has 2 aliphatic heterocycles. The van der Waals surface area contributed by atoms with E-state index in [1.165, 1.54) is 0 Å². The summed E-state index contributed by atoms with van der Waals surface area (Å²) >= 11 is 1.57.